The van der Waals surface area contributed by atoms with Crippen LogP contribution in [0.5, 0.6) is 0 Å². The van der Waals surface area contributed by atoms with Gasteiger partial charge in [0.2, 0.25) is 0 Å². The number of alkyl halides is 1. The average Bonchev–Trinajstić information content (AvgIpc) is 2.28. The second kappa shape index (κ2) is 6.76. The highest BCUT2D eigenvalue weighted by molar-refractivity contribution is 7.99. The Labute approximate surface area is 105 Å². The van der Waals surface area contributed by atoms with Gasteiger partial charge in [-0.1, -0.05) is 6.92 Å². The van der Waals surface area contributed by atoms with Crippen molar-refractivity contribution in [2.45, 2.75) is 23.5 Å². The van der Waals surface area contributed by atoms with E-state index in [-0.39, 0.29) is 0 Å². The highest BCUT2D eigenvalue weighted by Gasteiger charge is 2.09. The molecule has 3 nitrogen and oxygen atoms in total. The molecule has 1 aromatic rings. The SMILES string of the molecule is COC(=O)c1cc(SC(C)CCCl)ccn1. The Hall–Kier alpha value is -0.740. The first-order chi connectivity index (χ1) is 7.67. The topological polar surface area (TPSA) is 39.2 Å². The molecule has 0 N–H and O–H groups in total. The lowest BCUT2D eigenvalue weighted by molar-refractivity contribution is 0.0593. The summed E-state index contributed by atoms with van der Waals surface area (Å²) >= 11 is 7.34. The Kier molecular flexibility index (Phi) is 5.63. The van der Waals surface area contributed by atoms with E-state index in [0.29, 0.717) is 16.8 Å². The molecular weight excluding hydrogens is 246 g/mol. The lowest BCUT2D eigenvalue weighted by Gasteiger charge is -2.09. The fourth-order valence-electron chi connectivity index (χ4n) is 1.15. The largest absolute Gasteiger partial charge is 0.464 e. The summed E-state index contributed by atoms with van der Waals surface area (Å²) in [4.78, 5) is 16.2. The molecule has 1 heterocycles. The zero-order chi connectivity index (χ0) is 12.0. The smallest absolute Gasteiger partial charge is 0.356 e. The monoisotopic (exact) mass is 259 g/mol. The molecule has 0 aliphatic rings. The third kappa shape index (κ3) is 4.02. The summed E-state index contributed by atoms with van der Waals surface area (Å²) in [6, 6.07) is 3.61. The van der Waals surface area contributed by atoms with Gasteiger partial charge in [-0.15, -0.1) is 23.4 Å². The van der Waals surface area contributed by atoms with E-state index < -0.39 is 5.97 Å². The number of ether oxygens (including phenoxy) is 1. The molecule has 0 bridgehead atoms. The van der Waals surface area contributed by atoms with Crippen LogP contribution in [0.2, 0.25) is 0 Å². The van der Waals surface area contributed by atoms with Crippen molar-refractivity contribution < 1.29 is 9.53 Å². The molecule has 88 valence electrons. The number of carbonyl (C=O) groups is 1. The second-order valence-electron chi connectivity index (χ2n) is 3.27. The van der Waals surface area contributed by atoms with Crippen LogP contribution in [-0.4, -0.2) is 29.2 Å². The molecule has 1 aromatic heterocycles. The lowest BCUT2D eigenvalue weighted by atomic mass is 10.3. The van der Waals surface area contributed by atoms with Crippen LogP contribution in [0.3, 0.4) is 0 Å². The van der Waals surface area contributed by atoms with Crippen LogP contribution in [0.25, 0.3) is 0 Å². The number of nitrogens with zero attached hydrogens (tertiary/aromatic N) is 1. The zero-order valence-electron chi connectivity index (χ0n) is 9.27. The number of esters is 1. The van der Waals surface area contributed by atoms with Gasteiger partial charge in [-0.05, 0) is 18.6 Å². The summed E-state index contributed by atoms with van der Waals surface area (Å²) in [7, 11) is 1.35. The molecule has 5 heteroatoms. The van der Waals surface area contributed by atoms with Gasteiger partial charge in [0.05, 0.1) is 7.11 Å². The molecule has 1 unspecified atom stereocenters. The van der Waals surface area contributed by atoms with Crippen LogP contribution in [0.1, 0.15) is 23.8 Å². The van der Waals surface area contributed by atoms with Crippen molar-refractivity contribution in [1.29, 1.82) is 0 Å². The van der Waals surface area contributed by atoms with E-state index in [1.165, 1.54) is 7.11 Å². The summed E-state index contributed by atoms with van der Waals surface area (Å²) in [5.74, 6) is 0.232. The minimum absolute atomic E-state index is 0.338. The molecule has 0 aromatic carbocycles. The molecule has 0 spiro atoms. The van der Waals surface area contributed by atoms with Crippen LogP contribution in [0.4, 0.5) is 0 Å². The van der Waals surface area contributed by atoms with Gasteiger partial charge in [0.1, 0.15) is 5.69 Å². The molecule has 1 atom stereocenters. The molecule has 0 saturated carbocycles. The van der Waals surface area contributed by atoms with E-state index in [1.54, 1.807) is 24.0 Å². The first-order valence-corrected chi connectivity index (χ1v) is 6.35. The second-order valence-corrected chi connectivity index (χ2v) is 5.16. The van der Waals surface area contributed by atoms with Crippen molar-refractivity contribution >= 4 is 29.3 Å². The average molecular weight is 260 g/mol. The van der Waals surface area contributed by atoms with E-state index in [9.17, 15) is 4.79 Å². The maximum absolute atomic E-state index is 11.3. The summed E-state index contributed by atoms with van der Waals surface area (Å²) in [6.07, 6.45) is 2.55. The van der Waals surface area contributed by atoms with Gasteiger partial charge in [-0.3, -0.25) is 0 Å². The fraction of sp³-hybridized carbons (Fsp3) is 0.455. The maximum Gasteiger partial charge on any atom is 0.356 e. The van der Waals surface area contributed by atoms with E-state index in [2.05, 4.69) is 16.6 Å². The first kappa shape index (κ1) is 13.3. The quantitative estimate of drug-likeness (QED) is 0.463. The number of hydrogen-bond acceptors (Lipinski definition) is 4. The van der Waals surface area contributed by atoms with Crippen LogP contribution in [0, 0.1) is 0 Å². The lowest BCUT2D eigenvalue weighted by Crippen LogP contribution is -2.04. The molecule has 16 heavy (non-hydrogen) atoms. The number of aromatic nitrogens is 1. The Bertz CT molecular complexity index is 360. The highest BCUT2D eigenvalue weighted by atomic mass is 35.5. The van der Waals surface area contributed by atoms with Gasteiger partial charge >= 0.3 is 5.97 Å². The standard InChI is InChI=1S/C11H14ClNO2S/c1-8(3-5-12)16-9-4-6-13-10(7-9)11(14)15-2/h4,6-8H,3,5H2,1-2H3. The molecule has 0 amide bonds. The van der Waals surface area contributed by atoms with Gasteiger partial charge in [-0.2, -0.15) is 0 Å². The summed E-state index contributed by atoms with van der Waals surface area (Å²) < 4.78 is 4.61. The number of thioether (sulfide) groups is 1. The maximum atomic E-state index is 11.3. The summed E-state index contributed by atoms with van der Waals surface area (Å²) in [5, 5.41) is 0.422. The minimum atomic E-state index is -0.410. The third-order valence-corrected chi connectivity index (χ3v) is 3.36. The van der Waals surface area contributed by atoms with Crippen molar-refractivity contribution in [3.8, 4) is 0 Å². The predicted molar refractivity (Wildman–Crippen MR) is 66.2 cm³/mol. The molecule has 0 aliphatic carbocycles. The van der Waals surface area contributed by atoms with Crippen LogP contribution < -0.4 is 0 Å². The normalized spacial score (nSPS) is 12.2. The van der Waals surface area contributed by atoms with E-state index in [1.807, 2.05) is 6.07 Å². The van der Waals surface area contributed by atoms with Crippen LogP contribution in [-0.2, 0) is 4.74 Å². The minimum Gasteiger partial charge on any atom is -0.464 e. The van der Waals surface area contributed by atoms with Crippen molar-refractivity contribution in [2.24, 2.45) is 0 Å². The van der Waals surface area contributed by atoms with Gasteiger partial charge < -0.3 is 4.74 Å². The Balaban J connectivity index is 2.70. The zero-order valence-corrected chi connectivity index (χ0v) is 10.8. The molecule has 1 rings (SSSR count). The van der Waals surface area contributed by atoms with Crippen molar-refractivity contribution in [3.63, 3.8) is 0 Å². The fourth-order valence-corrected chi connectivity index (χ4v) is 2.62. The van der Waals surface area contributed by atoms with Gasteiger partial charge in [-0.25, -0.2) is 9.78 Å². The Morgan fingerprint density at radius 2 is 2.44 bits per heavy atom. The van der Waals surface area contributed by atoms with Crippen LogP contribution >= 0.6 is 23.4 Å². The molecule has 0 fully saturated rings. The van der Waals surface area contributed by atoms with E-state index in [0.717, 1.165) is 11.3 Å². The number of carbonyl (C=O) groups excluding carboxylic acids is 1. The number of halogens is 1. The molecule has 0 saturated heterocycles. The van der Waals surface area contributed by atoms with Gasteiger partial charge in [0.15, 0.2) is 0 Å². The Morgan fingerprint density at radius 3 is 3.06 bits per heavy atom. The summed E-state index contributed by atoms with van der Waals surface area (Å²) in [5.41, 5.74) is 0.338. The first-order valence-electron chi connectivity index (χ1n) is 4.94. The third-order valence-electron chi connectivity index (χ3n) is 1.98. The van der Waals surface area contributed by atoms with Crippen molar-refractivity contribution in [3.05, 3.63) is 24.0 Å². The number of hydrogen-bond donors (Lipinski definition) is 0. The van der Waals surface area contributed by atoms with E-state index >= 15 is 0 Å². The van der Waals surface area contributed by atoms with Crippen molar-refractivity contribution in [2.75, 3.05) is 13.0 Å². The predicted octanol–water partition coefficient (Wildman–Crippen LogP) is 2.98. The van der Waals surface area contributed by atoms with E-state index in [4.69, 9.17) is 11.6 Å². The van der Waals surface area contributed by atoms with Gasteiger partial charge in [0, 0.05) is 22.2 Å². The Morgan fingerprint density at radius 1 is 1.69 bits per heavy atom. The van der Waals surface area contributed by atoms with Crippen LogP contribution in [0.15, 0.2) is 23.2 Å². The number of rotatable bonds is 5. The molecule has 0 radical (unpaired) electrons. The number of pyridine rings is 1. The number of methoxy groups -OCH3 is 1. The van der Waals surface area contributed by atoms with Gasteiger partial charge in [0.25, 0.3) is 0 Å². The van der Waals surface area contributed by atoms with Crippen molar-refractivity contribution in [1.82, 2.24) is 4.98 Å². The molecular formula is C11H14ClNO2S. The summed E-state index contributed by atoms with van der Waals surface area (Å²) in [6.45, 7) is 2.10. The highest BCUT2D eigenvalue weighted by Crippen LogP contribution is 2.25. The molecule has 0 aliphatic heterocycles.